The summed E-state index contributed by atoms with van der Waals surface area (Å²) < 4.78 is 5.37. The van der Waals surface area contributed by atoms with Gasteiger partial charge < -0.3 is 20.9 Å². The molecule has 0 spiro atoms. The Morgan fingerprint density at radius 1 is 1.47 bits per heavy atom. The lowest BCUT2D eigenvalue weighted by molar-refractivity contribution is -0.128. The Kier molecular flexibility index (Phi) is 3.31. The molecule has 0 radical (unpaired) electrons. The molecule has 3 aliphatic rings. The second-order valence-corrected chi connectivity index (χ2v) is 6.52. The Hall–Kier alpha value is -0.650. The molecule has 1 saturated heterocycles. The number of fused-ring (bicyclic) bond motifs is 2. The van der Waals surface area contributed by atoms with Crippen LogP contribution in [0.3, 0.4) is 0 Å². The zero-order valence-corrected chi connectivity index (χ0v) is 11.5. The van der Waals surface area contributed by atoms with Crippen LogP contribution in [0, 0.1) is 17.8 Å². The standard InChI is InChI=1S/C14H24N2O3/c1-8-14(18,4-5-19-8)7-16-13(17)11-9-2-3-10(6-9)12(11)15/h8-12,18H,2-7,15H2,1H3,(H,16,17). The minimum atomic E-state index is -0.919. The zero-order valence-electron chi connectivity index (χ0n) is 11.5. The summed E-state index contributed by atoms with van der Waals surface area (Å²) in [6.07, 6.45) is 3.76. The van der Waals surface area contributed by atoms with Crippen molar-refractivity contribution >= 4 is 5.91 Å². The molecule has 2 bridgehead atoms. The second kappa shape index (κ2) is 4.72. The van der Waals surface area contributed by atoms with Crippen LogP contribution in [0.5, 0.6) is 0 Å². The van der Waals surface area contributed by atoms with Crippen molar-refractivity contribution in [2.45, 2.75) is 50.4 Å². The van der Waals surface area contributed by atoms with E-state index in [0.29, 0.717) is 24.9 Å². The Balaban J connectivity index is 1.57. The van der Waals surface area contributed by atoms with E-state index in [9.17, 15) is 9.90 Å². The predicted octanol–water partition coefficient (Wildman–Crippen LogP) is 0.0159. The molecule has 2 aliphatic carbocycles. The van der Waals surface area contributed by atoms with Crippen molar-refractivity contribution in [1.82, 2.24) is 5.32 Å². The Morgan fingerprint density at radius 2 is 2.21 bits per heavy atom. The van der Waals surface area contributed by atoms with Gasteiger partial charge in [-0.15, -0.1) is 0 Å². The van der Waals surface area contributed by atoms with Crippen LogP contribution < -0.4 is 11.1 Å². The van der Waals surface area contributed by atoms with E-state index in [1.807, 2.05) is 6.92 Å². The third kappa shape index (κ3) is 2.18. The predicted molar refractivity (Wildman–Crippen MR) is 70.3 cm³/mol. The number of nitrogens with two attached hydrogens (primary N) is 1. The fourth-order valence-corrected chi connectivity index (χ4v) is 4.09. The third-order valence-corrected chi connectivity index (χ3v) is 5.51. The van der Waals surface area contributed by atoms with Crippen molar-refractivity contribution in [2.24, 2.45) is 23.5 Å². The van der Waals surface area contributed by atoms with Crippen LogP contribution in [0.2, 0.25) is 0 Å². The molecule has 2 saturated carbocycles. The monoisotopic (exact) mass is 268 g/mol. The van der Waals surface area contributed by atoms with Crippen molar-refractivity contribution in [3.63, 3.8) is 0 Å². The van der Waals surface area contributed by atoms with Crippen LogP contribution in [0.15, 0.2) is 0 Å². The molecule has 5 heteroatoms. The fraction of sp³-hybridized carbons (Fsp3) is 0.929. The summed E-state index contributed by atoms with van der Waals surface area (Å²) in [4.78, 5) is 12.3. The summed E-state index contributed by atoms with van der Waals surface area (Å²) in [5.41, 5.74) is 5.24. The average molecular weight is 268 g/mol. The highest BCUT2D eigenvalue weighted by atomic mass is 16.5. The summed E-state index contributed by atoms with van der Waals surface area (Å²) in [6.45, 7) is 2.68. The van der Waals surface area contributed by atoms with Crippen LogP contribution in [0.1, 0.15) is 32.6 Å². The molecule has 1 aliphatic heterocycles. The highest BCUT2D eigenvalue weighted by Gasteiger charge is 2.49. The van der Waals surface area contributed by atoms with Gasteiger partial charge in [-0.1, -0.05) is 0 Å². The van der Waals surface area contributed by atoms with Gasteiger partial charge in [0.05, 0.1) is 12.0 Å². The van der Waals surface area contributed by atoms with Gasteiger partial charge >= 0.3 is 0 Å². The number of hydrogen-bond donors (Lipinski definition) is 3. The molecule has 108 valence electrons. The summed E-state index contributed by atoms with van der Waals surface area (Å²) in [5.74, 6) is 0.941. The van der Waals surface area contributed by atoms with E-state index < -0.39 is 5.60 Å². The van der Waals surface area contributed by atoms with E-state index in [0.717, 1.165) is 12.8 Å². The van der Waals surface area contributed by atoms with Gasteiger partial charge in [-0.25, -0.2) is 0 Å². The third-order valence-electron chi connectivity index (χ3n) is 5.51. The summed E-state index contributed by atoms with van der Waals surface area (Å²) in [6, 6.07) is 0.00523. The molecule has 5 nitrogen and oxygen atoms in total. The number of nitrogens with one attached hydrogen (secondary N) is 1. The molecule has 4 N–H and O–H groups in total. The Morgan fingerprint density at radius 3 is 2.79 bits per heavy atom. The van der Waals surface area contributed by atoms with Gasteiger partial charge in [0.1, 0.15) is 5.60 Å². The van der Waals surface area contributed by atoms with Gasteiger partial charge in [-0.3, -0.25) is 4.79 Å². The highest BCUT2D eigenvalue weighted by Crippen LogP contribution is 2.47. The van der Waals surface area contributed by atoms with Crippen LogP contribution in [-0.2, 0) is 9.53 Å². The zero-order chi connectivity index (χ0) is 13.6. The number of ether oxygens (including phenoxy) is 1. The van der Waals surface area contributed by atoms with Crippen molar-refractivity contribution in [3.05, 3.63) is 0 Å². The van der Waals surface area contributed by atoms with Gasteiger partial charge in [0.15, 0.2) is 0 Å². The van der Waals surface area contributed by atoms with E-state index in [-0.39, 0.29) is 30.5 Å². The number of rotatable bonds is 3. The first-order chi connectivity index (χ1) is 9.01. The van der Waals surface area contributed by atoms with Gasteiger partial charge in [-0.2, -0.15) is 0 Å². The lowest BCUT2D eigenvalue weighted by Crippen LogP contribution is -2.51. The molecule has 0 aromatic carbocycles. The first-order valence-corrected chi connectivity index (χ1v) is 7.38. The van der Waals surface area contributed by atoms with Crippen LogP contribution in [0.4, 0.5) is 0 Å². The molecule has 1 amide bonds. The Labute approximate surface area is 113 Å². The quantitative estimate of drug-likeness (QED) is 0.673. The molecule has 6 atom stereocenters. The molecular weight excluding hydrogens is 244 g/mol. The van der Waals surface area contributed by atoms with Crippen molar-refractivity contribution in [1.29, 1.82) is 0 Å². The lowest BCUT2D eigenvalue weighted by atomic mass is 9.84. The molecule has 0 aromatic rings. The Bertz CT molecular complexity index is 374. The van der Waals surface area contributed by atoms with Crippen LogP contribution >= 0.6 is 0 Å². The maximum absolute atomic E-state index is 12.3. The largest absolute Gasteiger partial charge is 0.385 e. The summed E-state index contributed by atoms with van der Waals surface area (Å²) >= 11 is 0. The van der Waals surface area contributed by atoms with Crippen molar-refractivity contribution in [3.8, 4) is 0 Å². The number of hydrogen-bond acceptors (Lipinski definition) is 4. The van der Waals surface area contributed by atoms with E-state index in [1.54, 1.807) is 0 Å². The van der Waals surface area contributed by atoms with Gasteiger partial charge in [-0.05, 0) is 38.0 Å². The smallest absolute Gasteiger partial charge is 0.225 e. The number of carbonyl (C=O) groups is 1. The minimum absolute atomic E-state index is 0.00523. The maximum atomic E-state index is 12.3. The molecule has 1 heterocycles. The SMILES string of the molecule is CC1OCCC1(O)CNC(=O)C1C2CCC(C2)C1N. The average Bonchev–Trinajstić information content (AvgIpc) is 3.04. The summed E-state index contributed by atoms with van der Waals surface area (Å²) in [5, 5.41) is 13.3. The van der Waals surface area contributed by atoms with Crippen molar-refractivity contribution < 1.29 is 14.6 Å². The van der Waals surface area contributed by atoms with Crippen LogP contribution in [-0.4, -0.2) is 41.9 Å². The topological polar surface area (TPSA) is 84.6 Å². The lowest BCUT2D eigenvalue weighted by Gasteiger charge is -2.30. The fourth-order valence-electron chi connectivity index (χ4n) is 4.09. The molecular formula is C14H24N2O3. The summed E-state index contributed by atoms with van der Waals surface area (Å²) in [7, 11) is 0. The van der Waals surface area contributed by atoms with Crippen molar-refractivity contribution in [2.75, 3.05) is 13.2 Å². The van der Waals surface area contributed by atoms with E-state index in [1.165, 1.54) is 6.42 Å². The molecule has 0 aromatic heterocycles. The second-order valence-electron chi connectivity index (χ2n) is 6.52. The first kappa shape index (κ1) is 13.3. The van der Waals surface area contributed by atoms with E-state index in [2.05, 4.69) is 5.32 Å². The molecule has 3 rings (SSSR count). The maximum Gasteiger partial charge on any atom is 0.225 e. The molecule has 19 heavy (non-hydrogen) atoms. The first-order valence-electron chi connectivity index (χ1n) is 7.38. The van der Waals surface area contributed by atoms with E-state index >= 15 is 0 Å². The van der Waals surface area contributed by atoms with Gasteiger partial charge in [0.2, 0.25) is 5.91 Å². The number of carbonyl (C=O) groups excluding carboxylic acids is 1. The van der Waals surface area contributed by atoms with Crippen LogP contribution in [0.25, 0.3) is 0 Å². The van der Waals surface area contributed by atoms with Gasteiger partial charge in [0, 0.05) is 25.6 Å². The molecule has 3 fully saturated rings. The van der Waals surface area contributed by atoms with E-state index in [4.69, 9.17) is 10.5 Å². The minimum Gasteiger partial charge on any atom is -0.385 e. The number of aliphatic hydroxyl groups is 1. The number of amides is 1. The van der Waals surface area contributed by atoms with Gasteiger partial charge in [0.25, 0.3) is 0 Å². The highest BCUT2D eigenvalue weighted by molar-refractivity contribution is 5.80. The normalized spacial score (nSPS) is 48.7. The molecule has 6 unspecified atom stereocenters.